The number of benzene rings is 1. The molecule has 0 aliphatic carbocycles. The lowest BCUT2D eigenvalue weighted by Gasteiger charge is -2.11. The second-order valence-corrected chi connectivity index (χ2v) is 5.77. The van der Waals surface area contributed by atoms with Gasteiger partial charge in [0.15, 0.2) is 11.7 Å². The van der Waals surface area contributed by atoms with Crippen LogP contribution in [0, 0.1) is 10.1 Å². The van der Waals surface area contributed by atoms with E-state index in [1.807, 2.05) is 0 Å². The highest BCUT2D eigenvalue weighted by molar-refractivity contribution is 14.0. The minimum Gasteiger partial charge on any atom is -0.352 e. The van der Waals surface area contributed by atoms with E-state index in [1.165, 1.54) is 19.2 Å². The molecule has 0 aliphatic heterocycles. The molecule has 142 valence electrons. The molecule has 7 nitrogen and oxygen atoms in total. The van der Waals surface area contributed by atoms with Crippen LogP contribution in [0.5, 0.6) is 0 Å². The maximum Gasteiger partial charge on any atom is 0.434 e. The highest BCUT2D eigenvalue weighted by Gasteiger charge is 2.33. The Kier molecular flexibility index (Phi) is 8.20. The fourth-order valence-electron chi connectivity index (χ4n) is 1.82. The molecule has 26 heavy (non-hydrogen) atoms. The summed E-state index contributed by atoms with van der Waals surface area (Å²) in [7, 11) is 1.52. The molecule has 1 aromatic carbocycles. The minimum absolute atomic E-state index is 0. The summed E-state index contributed by atoms with van der Waals surface area (Å²) in [6, 6.07) is 5.99. The number of alkyl halides is 3. The summed E-state index contributed by atoms with van der Waals surface area (Å²) >= 11 is 0.907. The predicted octanol–water partition coefficient (Wildman–Crippen LogP) is 3.55. The zero-order valence-corrected chi connectivity index (χ0v) is 16.6. The van der Waals surface area contributed by atoms with Gasteiger partial charge < -0.3 is 10.6 Å². The molecule has 1 heterocycles. The van der Waals surface area contributed by atoms with Crippen molar-refractivity contribution in [2.75, 3.05) is 7.05 Å². The van der Waals surface area contributed by atoms with Gasteiger partial charge >= 0.3 is 6.18 Å². The number of guanidine groups is 1. The number of thiazole rings is 1. The summed E-state index contributed by atoms with van der Waals surface area (Å²) in [5.41, 5.74) is -0.124. The van der Waals surface area contributed by atoms with Crippen molar-refractivity contribution < 1.29 is 18.1 Å². The molecule has 0 spiro atoms. The van der Waals surface area contributed by atoms with Crippen molar-refractivity contribution in [2.24, 2.45) is 4.99 Å². The van der Waals surface area contributed by atoms with E-state index in [9.17, 15) is 23.3 Å². The van der Waals surface area contributed by atoms with Crippen LogP contribution in [0.25, 0.3) is 0 Å². The number of hydrogen-bond acceptors (Lipinski definition) is 5. The smallest absolute Gasteiger partial charge is 0.352 e. The molecule has 12 heteroatoms. The molecule has 0 saturated carbocycles. The lowest BCUT2D eigenvalue weighted by atomic mass is 10.2. The fraction of sp³-hybridized carbons (Fsp3) is 0.286. The second kappa shape index (κ2) is 9.66. The van der Waals surface area contributed by atoms with Gasteiger partial charge in [0.05, 0.1) is 11.5 Å². The Bertz CT molecular complexity index is 765. The predicted molar refractivity (Wildman–Crippen MR) is 103 cm³/mol. The molecular formula is C14H15F3IN5O2S. The standard InChI is InChI=1S/C14H14F3N5O2S.HI/c1-18-13(19-6-9-2-4-10(5-3-9)22(23)24)20-7-12-21-11(8-25-12)14(15,16)17;/h2-5,8H,6-7H2,1H3,(H2,18,19,20);1H. The quantitative estimate of drug-likeness (QED) is 0.215. The first-order valence-corrected chi connectivity index (χ1v) is 7.87. The van der Waals surface area contributed by atoms with Crippen molar-refractivity contribution in [3.8, 4) is 0 Å². The molecular weight excluding hydrogens is 486 g/mol. The first kappa shape index (κ1) is 22.1. The molecule has 0 saturated heterocycles. The van der Waals surface area contributed by atoms with E-state index in [0.717, 1.165) is 22.3 Å². The number of nitro benzene ring substituents is 1. The number of aromatic nitrogens is 1. The van der Waals surface area contributed by atoms with Crippen molar-refractivity contribution in [2.45, 2.75) is 19.3 Å². The molecule has 2 N–H and O–H groups in total. The molecule has 2 aromatic rings. The van der Waals surface area contributed by atoms with E-state index in [4.69, 9.17) is 0 Å². The van der Waals surface area contributed by atoms with E-state index < -0.39 is 16.8 Å². The second-order valence-electron chi connectivity index (χ2n) is 4.83. The molecule has 0 radical (unpaired) electrons. The molecule has 0 atom stereocenters. The summed E-state index contributed by atoms with van der Waals surface area (Å²) in [6.45, 7) is 0.448. The number of rotatable bonds is 5. The van der Waals surface area contributed by atoms with E-state index >= 15 is 0 Å². The Hall–Kier alpha value is -1.96. The van der Waals surface area contributed by atoms with Crippen molar-refractivity contribution >= 4 is 47.0 Å². The molecule has 0 amide bonds. The summed E-state index contributed by atoms with van der Waals surface area (Å²) < 4.78 is 37.5. The van der Waals surface area contributed by atoms with E-state index in [-0.39, 0.29) is 41.2 Å². The Morgan fingerprint density at radius 3 is 2.38 bits per heavy atom. The third-order valence-corrected chi connectivity index (χ3v) is 3.93. The van der Waals surface area contributed by atoms with Gasteiger partial charge in [-0.3, -0.25) is 15.1 Å². The zero-order valence-electron chi connectivity index (χ0n) is 13.4. The van der Waals surface area contributed by atoms with Crippen LogP contribution in [0.4, 0.5) is 18.9 Å². The van der Waals surface area contributed by atoms with Gasteiger partial charge in [0, 0.05) is 31.1 Å². The number of hydrogen-bond donors (Lipinski definition) is 2. The third kappa shape index (κ3) is 6.40. The van der Waals surface area contributed by atoms with Gasteiger partial charge in [0.1, 0.15) is 5.01 Å². The van der Waals surface area contributed by atoms with Crippen molar-refractivity contribution in [3.63, 3.8) is 0 Å². The first-order chi connectivity index (χ1) is 11.8. The minimum atomic E-state index is -4.45. The van der Waals surface area contributed by atoms with Crippen LogP contribution < -0.4 is 10.6 Å². The van der Waals surface area contributed by atoms with Crippen LogP contribution in [-0.4, -0.2) is 22.9 Å². The molecule has 1 aromatic heterocycles. The van der Waals surface area contributed by atoms with Gasteiger partial charge in [0.2, 0.25) is 0 Å². The zero-order chi connectivity index (χ0) is 18.4. The first-order valence-electron chi connectivity index (χ1n) is 6.99. The Balaban J connectivity index is 0.00000338. The highest BCUT2D eigenvalue weighted by Crippen LogP contribution is 2.29. The van der Waals surface area contributed by atoms with Crippen molar-refractivity contribution in [1.82, 2.24) is 15.6 Å². The maximum absolute atomic E-state index is 12.5. The Morgan fingerprint density at radius 1 is 1.27 bits per heavy atom. The van der Waals surface area contributed by atoms with E-state index in [0.29, 0.717) is 12.5 Å². The van der Waals surface area contributed by atoms with Crippen molar-refractivity contribution in [1.29, 1.82) is 0 Å². The monoisotopic (exact) mass is 501 g/mol. The average molecular weight is 501 g/mol. The lowest BCUT2D eigenvalue weighted by molar-refractivity contribution is -0.384. The van der Waals surface area contributed by atoms with Gasteiger partial charge in [-0.1, -0.05) is 12.1 Å². The number of nitrogens with zero attached hydrogens (tertiary/aromatic N) is 3. The van der Waals surface area contributed by atoms with Gasteiger partial charge in [0.25, 0.3) is 5.69 Å². The van der Waals surface area contributed by atoms with Crippen LogP contribution in [0.1, 0.15) is 16.3 Å². The maximum atomic E-state index is 12.5. The third-order valence-electron chi connectivity index (χ3n) is 3.08. The normalized spacial score (nSPS) is 11.6. The largest absolute Gasteiger partial charge is 0.434 e. The van der Waals surface area contributed by atoms with E-state index in [1.54, 1.807) is 12.1 Å². The van der Waals surface area contributed by atoms with Crippen LogP contribution in [-0.2, 0) is 19.3 Å². The van der Waals surface area contributed by atoms with E-state index in [2.05, 4.69) is 20.6 Å². The van der Waals surface area contributed by atoms with Gasteiger partial charge in [-0.25, -0.2) is 4.98 Å². The van der Waals surface area contributed by atoms with Crippen LogP contribution in [0.3, 0.4) is 0 Å². The number of nitrogens with one attached hydrogen (secondary N) is 2. The Morgan fingerprint density at radius 2 is 1.88 bits per heavy atom. The SMILES string of the molecule is CN=C(NCc1ccc([N+](=O)[O-])cc1)NCc1nc(C(F)(F)F)cs1.I. The van der Waals surface area contributed by atoms with Gasteiger partial charge in [-0.15, -0.1) is 35.3 Å². The van der Waals surface area contributed by atoms with Crippen molar-refractivity contribution in [3.05, 3.63) is 56.0 Å². The summed E-state index contributed by atoms with van der Waals surface area (Å²) in [5, 5.41) is 17.7. The number of aliphatic imine (C=N–C) groups is 1. The molecule has 0 unspecified atom stereocenters. The average Bonchev–Trinajstić information content (AvgIpc) is 3.04. The molecule has 0 bridgehead atoms. The Labute approximate surface area is 167 Å². The fourth-order valence-corrected chi connectivity index (χ4v) is 2.56. The van der Waals surface area contributed by atoms with Crippen LogP contribution in [0.2, 0.25) is 0 Å². The van der Waals surface area contributed by atoms with Gasteiger partial charge in [-0.05, 0) is 5.56 Å². The number of nitro groups is 1. The summed E-state index contributed by atoms with van der Waals surface area (Å²) in [6.07, 6.45) is -4.45. The summed E-state index contributed by atoms with van der Waals surface area (Å²) in [4.78, 5) is 17.6. The van der Waals surface area contributed by atoms with Gasteiger partial charge in [-0.2, -0.15) is 13.2 Å². The lowest BCUT2D eigenvalue weighted by Crippen LogP contribution is -2.36. The highest BCUT2D eigenvalue weighted by atomic mass is 127. The topological polar surface area (TPSA) is 92.5 Å². The number of non-ortho nitro benzene ring substituents is 1. The number of halogens is 4. The molecule has 0 aliphatic rings. The van der Waals surface area contributed by atoms with Crippen LogP contribution in [0.15, 0.2) is 34.6 Å². The molecule has 0 fully saturated rings. The molecule has 2 rings (SSSR count). The summed E-state index contributed by atoms with van der Waals surface area (Å²) in [5.74, 6) is 0.377. The van der Waals surface area contributed by atoms with Crippen LogP contribution >= 0.6 is 35.3 Å².